The number of nitrogens with one attached hydrogen (secondary N) is 1. The number of unbranched alkanes of at least 4 members (excludes halogenated alkanes) is 3. The van der Waals surface area contributed by atoms with Crippen molar-refractivity contribution in [3.63, 3.8) is 0 Å². The van der Waals surface area contributed by atoms with Crippen LogP contribution in [0, 0.1) is 0 Å². The number of nitrogens with zero attached hydrogens (tertiary/aromatic N) is 4. The van der Waals surface area contributed by atoms with Gasteiger partial charge in [0.1, 0.15) is 0 Å². The van der Waals surface area contributed by atoms with Crippen LogP contribution in [0.25, 0.3) is 0 Å². The lowest BCUT2D eigenvalue weighted by molar-refractivity contribution is -0.00779. The zero-order valence-corrected chi connectivity index (χ0v) is 24.4. The molecular weight excluding hydrogens is 465 g/mol. The third-order valence-electron chi connectivity index (χ3n) is 6.42. The molecule has 1 N–H and O–H groups in total. The minimum Gasteiger partial charge on any atom is -0.463 e. The summed E-state index contributed by atoms with van der Waals surface area (Å²) in [5, 5.41) is 3.48. The summed E-state index contributed by atoms with van der Waals surface area (Å²) in [5.41, 5.74) is -0.0394. The highest BCUT2D eigenvalue weighted by molar-refractivity contribution is 7.61. The van der Waals surface area contributed by atoms with Crippen LogP contribution >= 0.6 is 7.60 Å². The van der Waals surface area contributed by atoms with E-state index in [2.05, 4.69) is 66.8 Å². The summed E-state index contributed by atoms with van der Waals surface area (Å²) < 4.78 is 31.2. The van der Waals surface area contributed by atoms with Gasteiger partial charge in [0.05, 0.1) is 18.8 Å². The Bertz CT molecular complexity index is 830. The fourth-order valence-corrected chi connectivity index (χ4v) is 6.39. The summed E-state index contributed by atoms with van der Waals surface area (Å²) >= 11 is 0. The summed E-state index contributed by atoms with van der Waals surface area (Å²) in [4.78, 5) is 15.9. The van der Waals surface area contributed by atoms with Crippen molar-refractivity contribution >= 4 is 19.1 Å². The van der Waals surface area contributed by atoms with Crippen molar-refractivity contribution in [3.05, 3.63) is 0 Å². The Morgan fingerprint density at radius 2 is 1.54 bits per heavy atom. The second-order valence-corrected chi connectivity index (χ2v) is 13.2. The van der Waals surface area contributed by atoms with E-state index in [1.165, 1.54) is 0 Å². The van der Waals surface area contributed by atoms with Gasteiger partial charge in [0, 0.05) is 17.1 Å². The first-order valence-electron chi connectivity index (χ1n) is 13.1. The van der Waals surface area contributed by atoms with Gasteiger partial charge in [-0.05, 0) is 81.7 Å². The Hall–Kier alpha value is -1.28. The molecule has 1 aromatic rings. The highest BCUT2D eigenvalue weighted by Gasteiger charge is 2.43. The first kappa shape index (κ1) is 29.9. The van der Waals surface area contributed by atoms with Crippen LogP contribution in [-0.2, 0) is 13.6 Å². The summed E-state index contributed by atoms with van der Waals surface area (Å²) in [5.74, 6) is 0.333. The average Bonchev–Trinajstić information content (AvgIpc) is 2.70. The zero-order chi connectivity index (χ0) is 26.4. The summed E-state index contributed by atoms with van der Waals surface area (Å²) in [7, 11) is -1.62. The standard InChI is InChI=1S/C25H48N5O4P/c1-11-12-13-14-15-32-22-27-21(26-20-16-24(6,7)30(10)25(8,9)17-20)28-23(29-22)35(31,33-18(2)3)34-19(4)5/h18-20H,11-17H2,1-10H3,(H,26,27,28,29). The number of rotatable bonds is 13. The van der Waals surface area contributed by atoms with Gasteiger partial charge >= 0.3 is 13.6 Å². The predicted molar refractivity (Wildman–Crippen MR) is 142 cm³/mol. The van der Waals surface area contributed by atoms with Crippen LogP contribution in [0.2, 0.25) is 0 Å². The lowest BCUT2D eigenvalue weighted by Crippen LogP contribution is -2.61. The number of aromatic nitrogens is 3. The molecule has 1 fully saturated rings. The highest BCUT2D eigenvalue weighted by atomic mass is 31.2. The highest BCUT2D eigenvalue weighted by Crippen LogP contribution is 2.48. The number of hydrogen-bond acceptors (Lipinski definition) is 9. The van der Waals surface area contributed by atoms with Crippen LogP contribution in [0.15, 0.2) is 0 Å². The molecule has 0 unspecified atom stereocenters. The molecule has 202 valence electrons. The van der Waals surface area contributed by atoms with E-state index in [1.54, 1.807) is 0 Å². The maximum Gasteiger partial charge on any atom is 0.399 e. The summed E-state index contributed by atoms with van der Waals surface area (Å²) in [6, 6.07) is 0.264. The molecule has 0 aliphatic carbocycles. The van der Waals surface area contributed by atoms with Gasteiger partial charge in [0.2, 0.25) is 5.95 Å². The van der Waals surface area contributed by atoms with E-state index in [0.717, 1.165) is 38.5 Å². The van der Waals surface area contributed by atoms with Gasteiger partial charge in [-0.15, -0.1) is 0 Å². The second kappa shape index (κ2) is 12.3. The normalized spacial score (nSPS) is 18.9. The Kier molecular flexibility index (Phi) is 10.5. The molecular formula is C25H48N5O4P. The molecule has 0 amide bonds. The van der Waals surface area contributed by atoms with Crippen LogP contribution in [0.1, 0.15) is 101 Å². The Balaban J connectivity index is 2.38. The van der Waals surface area contributed by atoms with E-state index in [4.69, 9.17) is 13.8 Å². The minimum atomic E-state index is -3.79. The van der Waals surface area contributed by atoms with Gasteiger partial charge < -0.3 is 19.1 Å². The lowest BCUT2D eigenvalue weighted by atomic mass is 9.77. The van der Waals surface area contributed by atoms with Gasteiger partial charge in [-0.2, -0.15) is 15.0 Å². The van der Waals surface area contributed by atoms with Gasteiger partial charge in [0.25, 0.3) is 5.57 Å². The van der Waals surface area contributed by atoms with E-state index in [-0.39, 0.29) is 40.9 Å². The number of likely N-dealkylation sites (tertiary alicyclic amines) is 1. The van der Waals surface area contributed by atoms with Crippen molar-refractivity contribution in [2.75, 3.05) is 19.0 Å². The molecule has 1 saturated heterocycles. The Labute approximate surface area is 212 Å². The average molecular weight is 514 g/mol. The van der Waals surface area contributed by atoms with Crippen molar-refractivity contribution < 1.29 is 18.3 Å². The smallest absolute Gasteiger partial charge is 0.399 e. The van der Waals surface area contributed by atoms with Gasteiger partial charge in [-0.3, -0.25) is 9.46 Å². The second-order valence-electron chi connectivity index (χ2n) is 11.4. The Morgan fingerprint density at radius 3 is 2.06 bits per heavy atom. The van der Waals surface area contributed by atoms with Crippen LogP contribution < -0.4 is 15.6 Å². The van der Waals surface area contributed by atoms with Gasteiger partial charge in [-0.25, -0.2) is 0 Å². The van der Waals surface area contributed by atoms with Crippen LogP contribution in [0.5, 0.6) is 6.01 Å². The SMILES string of the molecule is CCCCCCOc1nc(NC2CC(C)(C)N(C)C(C)(C)C2)nc(P(=O)(OC(C)C)OC(C)C)n1. The monoisotopic (exact) mass is 513 g/mol. The van der Waals surface area contributed by atoms with Crippen molar-refractivity contribution in [3.8, 4) is 6.01 Å². The van der Waals surface area contributed by atoms with Crippen LogP contribution in [0.3, 0.4) is 0 Å². The van der Waals surface area contributed by atoms with E-state index < -0.39 is 7.60 Å². The summed E-state index contributed by atoms with van der Waals surface area (Å²) in [6.07, 6.45) is 5.43. The molecule has 0 aromatic carbocycles. The third-order valence-corrected chi connectivity index (χ3v) is 8.51. The van der Waals surface area contributed by atoms with Crippen molar-refractivity contribution in [1.29, 1.82) is 0 Å². The molecule has 1 aromatic heterocycles. The fourth-order valence-electron chi connectivity index (χ4n) is 4.62. The molecule has 2 heterocycles. The van der Waals surface area contributed by atoms with E-state index in [9.17, 15) is 4.57 Å². The Morgan fingerprint density at radius 1 is 0.971 bits per heavy atom. The van der Waals surface area contributed by atoms with Gasteiger partial charge in [0.15, 0.2) is 0 Å². The van der Waals surface area contributed by atoms with Crippen LogP contribution in [-0.4, -0.2) is 62.8 Å². The maximum atomic E-state index is 13.8. The molecule has 0 atom stereocenters. The number of anilines is 1. The molecule has 9 nitrogen and oxygen atoms in total. The molecule has 0 spiro atoms. The third kappa shape index (κ3) is 8.66. The van der Waals surface area contributed by atoms with Crippen molar-refractivity contribution in [2.24, 2.45) is 0 Å². The van der Waals surface area contributed by atoms with E-state index in [1.807, 2.05) is 27.7 Å². The fraction of sp³-hybridized carbons (Fsp3) is 0.880. The molecule has 0 radical (unpaired) electrons. The maximum absolute atomic E-state index is 13.8. The number of ether oxygens (including phenoxy) is 1. The number of piperidine rings is 1. The van der Waals surface area contributed by atoms with E-state index in [0.29, 0.717) is 12.6 Å². The largest absolute Gasteiger partial charge is 0.463 e. The molecule has 1 aliphatic heterocycles. The van der Waals surface area contributed by atoms with Crippen LogP contribution in [0.4, 0.5) is 5.95 Å². The van der Waals surface area contributed by atoms with Crippen molar-refractivity contribution in [1.82, 2.24) is 19.9 Å². The summed E-state index contributed by atoms with van der Waals surface area (Å²) in [6.45, 7) is 18.9. The molecule has 2 rings (SSSR count). The zero-order valence-electron chi connectivity index (χ0n) is 23.6. The minimum absolute atomic E-state index is 0.00924. The first-order valence-corrected chi connectivity index (χ1v) is 14.6. The van der Waals surface area contributed by atoms with Gasteiger partial charge in [-0.1, -0.05) is 26.2 Å². The number of hydrogen-bond donors (Lipinski definition) is 1. The topological polar surface area (TPSA) is 98.7 Å². The molecule has 35 heavy (non-hydrogen) atoms. The predicted octanol–water partition coefficient (Wildman–Crippen LogP) is 5.56. The quantitative estimate of drug-likeness (QED) is 0.268. The molecule has 0 saturated carbocycles. The molecule has 1 aliphatic rings. The molecule has 0 bridgehead atoms. The van der Waals surface area contributed by atoms with Crippen molar-refractivity contribution in [2.45, 2.75) is 130 Å². The lowest BCUT2D eigenvalue weighted by Gasteiger charge is -2.53. The first-order chi connectivity index (χ1) is 16.2. The molecule has 10 heteroatoms. The van der Waals surface area contributed by atoms with E-state index >= 15 is 0 Å².